The highest BCUT2D eigenvalue weighted by molar-refractivity contribution is 5.79. The molecule has 0 radical (unpaired) electrons. The highest BCUT2D eigenvalue weighted by Gasteiger charge is 2.27. The third-order valence-electron chi connectivity index (χ3n) is 3.18. The van der Waals surface area contributed by atoms with Gasteiger partial charge in [-0.2, -0.15) is 0 Å². The van der Waals surface area contributed by atoms with E-state index < -0.39 is 33.2 Å². The number of hydrogen-bond acceptors (Lipinski definition) is 6. The van der Waals surface area contributed by atoms with Gasteiger partial charge in [-0.25, -0.2) is 4.79 Å². The minimum Gasteiger partial charge on any atom is -0.480 e. The molecule has 2 N–H and O–H groups in total. The zero-order valence-corrected chi connectivity index (χ0v) is 11.5. The summed E-state index contributed by atoms with van der Waals surface area (Å²) in [5.74, 6) is -1.41. The van der Waals surface area contributed by atoms with Gasteiger partial charge >= 0.3 is 5.97 Å². The fourth-order valence-electron chi connectivity index (χ4n) is 1.76. The lowest BCUT2D eigenvalue weighted by atomic mass is 9.99. The van der Waals surface area contributed by atoms with E-state index in [1.54, 1.807) is 13.8 Å². The van der Waals surface area contributed by atoms with Crippen molar-refractivity contribution in [2.45, 2.75) is 26.3 Å². The third kappa shape index (κ3) is 3.88. The van der Waals surface area contributed by atoms with E-state index >= 15 is 0 Å². The molecule has 0 fully saturated rings. The van der Waals surface area contributed by atoms with Crippen LogP contribution in [-0.2, 0) is 4.79 Å². The Morgan fingerprint density at radius 2 is 1.95 bits per heavy atom. The molecule has 0 aliphatic carbocycles. The molecule has 1 aromatic rings. The summed E-state index contributed by atoms with van der Waals surface area (Å²) in [6, 6.07) is 2.02. The van der Waals surface area contributed by atoms with Crippen molar-refractivity contribution >= 4 is 23.0 Å². The summed E-state index contributed by atoms with van der Waals surface area (Å²) in [6.45, 7) is 3.50. The smallest absolute Gasteiger partial charge is 0.326 e. The number of carboxylic acid groups (broad SMARTS) is 1. The number of aliphatic carboxylic acids is 1. The summed E-state index contributed by atoms with van der Waals surface area (Å²) in [5.41, 5.74) is -1.01. The SMILES string of the molecule is CC[C@@H](C)[C@H](Nc1ccc([N+](=O)[O-])cc1[N+](=O)[O-])C(=O)O. The van der Waals surface area contributed by atoms with Crippen LogP contribution in [0.5, 0.6) is 0 Å². The molecule has 114 valence electrons. The van der Waals surface area contributed by atoms with Crippen LogP contribution in [0.25, 0.3) is 0 Å². The molecular formula is C12H15N3O6. The molecule has 0 spiro atoms. The quantitative estimate of drug-likeness (QED) is 0.582. The van der Waals surface area contributed by atoms with E-state index in [-0.39, 0.29) is 11.6 Å². The molecule has 21 heavy (non-hydrogen) atoms. The summed E-state index contributed by atoms with van der Waals surface area (Å²) in [7, 11) is 0. The lowest BCUT2D eigenvalue weighted by molar-refractivity contribution is -0.393. The lowest BCUT2D eigenvalue weighted by Gasteiger charge is -2.21. The van der Waals surface area contributed by atoms with Crippen LogP contribution in [-0.4, -0.2) is 27.0 Å². The van der Waals surface area contributed by atoms with Crippen molar-refractivity contribution < 1.29 is 19.7 Å². The minimum absolute atomic E-state index is 0.0571. The molecule has 0 saturated heterocycles. The van der Waals surface area contributed by atoms with Crippen LogP contribution >= 0.6 is 0 Å². The van der Waals surface area contributed by atoms with Gasteiger partial charge in [0.15, 0.2) is 0 Å². The van der Waals surface area contributed by atoms with E-state index in [1.165, 1.54) is 0 Å². The number of nitrogens with zero attached hydrogens (tertiary/aromatic N) is 2. The Morgan fingerprint density at radius 1 is 1.33 bits per heavy atom. The van der Waals surface area contributed by atoms with Crippen molar-refractivity contribution in [1.82, 2.24) is 0 Å². The molecule has 0 saturated carbocycles. The van der Waals surface area contributed by atoms with Crippen LogP contribution in [0.3, 0.4) is 0 Å². The lowest BCUT2D eigenvalue weighted by Crippen LogP contribution is -2.35. The molecule has 1 rings (SSSR count). The Hall–Kier alpha value is -2.71. The van der Waals surface area contributed by atoms with Gasteiger partial charge in [0.05, 0.1) is 15.9 Å². The van der Waals surface area contributed by atoms with Gasteiger partial charge in [-0.15, -0.1) is 0 Å². The molecule has 0 amide bonds. The first-order valence-corrected chi connectivity index (χ1v) is 6.20. The monoisotopic (exact) mass is 297 g/mol. The topological polar surface area (TPSA) is 136 Å². The van der Waals surface area contributed by atoms with Gasteiger partial charge in [-0.05, 0) is 12.0 Å². The average Bonchev–Trinajstić information content (AvgIpc) is 2.43. The van der Waals surface area contributed by atoms with Gasteiger partial charge in [-0.3, -0.25) is 20.2 Å². The fraction of sp³-hybridized carbons (Fsp3) is 0.417. The van der Waals surface area contributed by atoms with E-state index in [2.05, 4.69) is 5.32 Å². The van der Waals surface area contributed by atoms with E-state index in [4.69, 9.17) is 5.11 Å². The summed E-state index contributed by atoms with van der Waals surface area (Å²) in [6.07, 6.45) is 0.560. The number of anilines is 1. The number of carbonyl (C=O) groups is 1. The van der Waals surface area contributed by atoms with Gasteiger partial charge in [0.25, 0.3) is 11.4 Å². The Balaban J connectivity index is 3.20. The molecule has 1 aromatic carbocycles. The molecule has 0 unspecified atom stereocenters. The maximum absolute atomic E-state index is 11.2. The normalized spacial score (nSPS) is 13.2. The van der Waals surface area contributed by atoms with E-state index in [0.717, 1.165) is 18.2 Å². The number of nitro benzene ring substituents is 2. The second-order valence-electron chi connectivity index (χ2n) is 4.56. The molecule has 9 heteroatoms. The summed E-state index contributed by atoms with van der Waals surface area (Å²) in [5, 5.41) is 33.4. The van der Waals surface area contributed by atoms with Crippen LogP contribution in [0.2, 0.25) is 0 Å². The van der Waals surface area contributed by atoms with Gasteiger partial charge in [-0.1, -0.05) is 20.3 Å². The zero-order valence-electron chi connectivity index (χ0n) is 11.5. The molecular weight excluding hydrogens is 282 g/mol. The number of nitrogens with one attached hydrogen (secondary N) is 1. The Labute approximate surface area is 119 Å². The predicted molar refractivity (Wildman–Crippen MR) is 74.3 cm³/mol. The van der Waals surface area contributed by atoms with E-state index in [9.17, 15) is 25.0 Å². The van der Waals surface area contributed by atoms with Crippen LogP contribution in [0, 0.1) is 26.1 Å². The molecule has 0 aliphatic rings. The maximum Gasteiger partial charge on any atom is 0.326 e. The molecule has 0 heterocycles. The first-order chi connectivity index (χ1) is 9.77. The van der Waals surface area contributed by atoms with Gasteiger partial charge < -0.3 is 10.4 Å². The first-order valence-electron chi connectivity index (χ1n) is 6.20. The predicted octanol–water partition coefficient (Wildman–Crippen LogP) is 2.41. The highest BCUT2D eigenvalue weighted by atomic mass is 16.6. The zero-order chi connectivity index (χ0) is 16.2. The van der Waals surface area contributed by atoms with Gasteiger partial charge in [0.2, 0.25) is 0 Å². The highest BCUT2D eigenvalue weighted by Crippen LogP contribution is 2.30. The Bertz CT molecular complexity index is 574. The van der Waals surface area contributed by atoms with Gasteiger partial charge in [0.1, 0.15) is 11.7 Å². The van der Waals surface area contributed by atoms with Crippen LogP contribution in [0.4, 0.5) is 17.1 Å². The van der Waals surface area contributed by atoms with Crippen molar-refractivity contribution in [2.24, 2.45) is 5.92 Å². The number of nitro groups is 2. The van der Waals surface area contributed by atoms with E-state index in [1.807, 2.05) is 0 Å². The van der Waals surface area contributed by atoms with Crippen molar-refractivity contribution in [3.63, 3.8) is 0 Å². The molecule has 9 nitrogen and oxygen atoms in total. The summed E-state index contributed by atoms with van der Waals surface area (Å²) < 4.78 is 0. The van der Waals surface area contributed by atoms with E-state index in [0.29, 0.717) is 6.42 Å². The largest absolute Gasteiger partial charge is 0.480 e. The van der Waals surface area contributed by atoms with Gasteiger partial charge in [0, 0.05) is 6.07 Å². The summed E-state index contributed by atoms with van der Waals surface area (Å²) in [4.78, 5) is 31.3. The standard InChI is InChI=1S/C12H15N3O6/c1-3-7(2)11(12(16)17)13-9-5-4-8(14(18)19)6-10(9)15(20)21/h4-7,11,13H,3H2,1-2H3,(H,16,17)/t7-,11+/m1/s1. The van der Waals surface area contributed by atoms with Crippen LogP contribution in [0.15, 0.2) is 18.2 Å². The Kier molecular flexibility index (Phi) is 5.17. The number of carboxylic acids is 1. The molecule has 0 aromatic heterocycles. The van der Waals surface area contributed by atoms with Crippen LogP contribution < -0.4 is 5.32 Å². The van der Waals surface area contributed by atoms with Crippen molar-refractivity contribution in [3.8, 4) is 0 Å². The van der Waals surface area contributed by atoms with Crippen LogP contribution in [0.1, 0.15) is 20.3 Å². The second kappa shape index (κ2) is 6.64. The molecule has 2 atom stereocenters. The number of non-ortho nitro benzene ring substituents is 1. The number of rotatable bonds is 7. The minimum atomic E-state index is -1.14. The third-order valence-corrected chi connectivity index (χ3v) is 3.18. The molecule has 0 bridgehead atoms. The average molecular weight is 297 g/mol. The Morgan fingerprint density at radius 3 is 2.38 bits per heavy atom. The number of hydrogen-bond donors (Lipinski definition) is 2. The van der Waals surface area contributed by atoms with Crippen molar-refractivity contribution in [2.75, 3.05) is 5.32 Å². The second-order valence-corrected chi connectivity index (χ2v) is 4.56. The molecule has 0 aliphatic heterocycles. The maximum atomic E-state index is 11.2. The van der Waals surface area contributed by atoms with Crippen molar-refractivity contribution in [3.05, 3.63) is 38.4 Å². The fourth-order valence-corrected chi connectivity index (χ4v) is 1.76. The van der Waals surface area contributed by atoms with Crippen molar-refractivity contribution in [1.29, 1.82) is 0 Å². The first kappa shape index (κ1) is 16.3. The summed E-state index contributed by atoms with van der Waals surface area (Å²) >= 11 is 0. The number of benzene rings is 1.